The number of hydrogen-bond donors (Lipinski definition) is 4. The molecule has 0 saturated carbocycles. The summed E-state index contributed by atoms with van der Waals surface area (Å²) in [6.45, 7) is 3.94. The molecule has 0 aliphatic carbocycles. The van der Waals surface area contributed by atoms with Crippen LogP contribution >= 0.6 is 0 Å². The number of amides is 1. The van der Waals surface area contributed by atoms with Crippen molar-refractivity contribution in [3.8, 4) is 22.3 Å². The number of benzene rings is 3. The molecule has 4 rings (SSSR count). The summed E-state index contributed by atoms with van der Waals surface area (Å²) in [6, 6.07) is 24.6. The van der Waals surface area contributed by atoms with E-state index >= 15 is 0 Å². The maximum atomic E-state index is 14.0. The molecule has 1 aromatic heterocycles. The zero-order valence-corrected chi connectivity index (χ0v) is 23.1. The second-order valence-electron chi connectivity index (χ2n) is 10.4. The molecule has 1 amide bonds. The van der Waals surface area contributed by atoms with Gasteiger partial charge in [-0.05, 0) is 68.5 Å². The van der Waals surface area contributed by atoms with Crippen molar-refractivity contribution in [2.24, 2.45) is 0 Å². The Bertz CT molecular complexity index is 1470. The fourth-order valence-corrected chi connectivity index (χ4v) is 5.22. The van der Waals surface area contributed by atoms with E-state index in [2.05, 4.69) is 5.32 Å². The molecule has 0 aliphatic rings. The number of hydrogen-bond acceptors (Lipinski definition) is 4. The predicted molar refractivity (Wildman–Crippen MR) is 157 cm³/mol. The number of carboxylic acids is 1. The van der Waals surface area contributed by atoms with Gasteiger partial charge in [0, 0.05) is 28.6 Å². The van der Waals surface area contributed by atoms with Crippen molar-refractivity contribution < 1.29 is 29.3 Å². The number of carbonyl (C=O) groups is 2. The number of anilines is 1. The molecular formula is C33H35FN2O5. The zero-order valence-electron chi connectivity index (χ0n) is 23.1. The van der Waals surface area contributed by atoms with Crippen LogP contribution in [-0.4, -0.2) is 44.0 Å². The van der Waals surface area contributed by atoms with Crippen LogP contribution in [0.2, 0.25) is 0 Å². The van der Waals surface area contributed by atoms with Crippen molar-refractivity contribution in [3.05, 3.63) is 102 Å². The number of aromatic nitrogens is 1. The summed E-state index contributed by atoms with van der Waals surface area (Å²) in [7, 11) is 0. The van der Waals surface area contributed by atoms with Gasteiger partial charge in [-0.1, -0.05) is 60.7 Å². The summed E-state index contributed by atoms with van der Waals surface area (Å²) < 4.78 is 16.0. The maximum absolute atomic E-state index is 14.0. The van der Waals surface area contributed by atoms with Gasteiger partial charge in [-0.2, -0.15) is 0 Å². The highest BCUT2D eigenvalue weighted by Crippen LogP contribution is 2.42. The van der Waals surface area contributed by atoms with Crippen molar-refractivity contribution in [1.29, 1.82) is 0 Å². The van der Waals surface area contributed by atoms with Crippen LogP contribution < -0.4 is 5.32 Å². The zero-order chi connectivity index (χ0) is 29.5. The molecule has 0 fully saturated rings. The standard InChI is InChI=1S/C33H35FN2O5/c1-21(2)36-28(18-17-26(37)19-27(38)20-29(39)40)30(23-13-15-24(34)16-14-23)31(22-9-5-3-6-10-22)32(36)33(41)35-25-11-7-4-8-12-25/h3-16,21,26-27,37-38H,17-20H2,1-2H3,(H,35,41)(H,39,40)/t26?,27-/m1/s1. The van der Waals surface area contributed by atoms with Crippen LogP contribution in [-0.2, 0) is 11.2 Å². The average molecular weight is 559 g/mol. The third-order valence-corrected chi connectivity index (χ3v) is 6.93. The molecule has 0 radical (unpaired) electrons. The van der Waals surface area contributed by atoms with Crippen LogP contribution in [0.5, 0.6) is 0 Å². The lowest BCUT2D eigenvalue weighted by Gasteiger charge is -2.20. The smallest absolute Gasteiger partial charge is 0.305 e. The first-order valence-corrected chi connectivity index (χ1v) is 13.7. The highest BCUT2D eigenvalue weighted by atomic mass is 19.1. The highest BCUT2D eigenvalue weighted by molar-refractivity contribution is 6.11. The van der Waals surface area contributed by atoms with Gasteiger partial charge in [0.15, 0.2) is 0 Å². The minimum Gasteiger partial charge on any atom is -0.481 e. The Balaban J connectivity index is 1.89. The molecule has 0 aliphatic heterocycles. The molecule has 3 aromatic carbocycles. The second-order valence-corrected chi connectivity index (χ2v) is 10.4. The minimum absolute atomic E-state index is 0.0898. The van der Waals surface area contributed by atoms with Gasteiger partial charge in [0.1, 0.15) is 11.5 Å². The Kier molecular flexibility index (Phi) is 9.70. The van der Waals surface area contributed by atoms with Crippen LogP contribution in [0, 0.1) is 5.82 Å². The molecule has 0 spiro atoms. The monoisotopic (exact) mass is 558 g/mol. The van der Waals surface area contributed by atoms with E-state index in [1.54, 1.807) is 12.1 Å². The summed E-state index contributed by atoms with van der Waals surface area (Å²) in [5.74, 6) is -1.83. The first-order valence-electron chi connectivity index (χ1n) is 13.7. The van der Waals surface area contributed by atoms with Crippen molar-refractivity contribution in [1.82, 2.24) is 4.57 Å². The number of aliphatic carboxylic acids is 1. The van der Waals surface area contributed by atoms with Gasteiger partial charge in [0.2, 0.25) is 0 Å². The lowest BCUT2D eigenvalue weighted by atomic mass is 9.92. The number of para-hydroxylation sites is 1. The lowest BCUT2D eigenvalue weighted by Crippen LogP contribution is -2.22. The van der Waals surface area contributed by atoms with E-state index in [4.69, 9.17) is 5.11 Å². The van der Waals surface area contributed by atoms with Crippen molar-refractivity contribution >= 4 is 17.6 Å². The maximum Gasteiger partial charge on any atom is 0.305 e. The van der Waals surface area contributed by atoms with Gasteiger partial charge >= 0.3 is 5.97 Å². The Labute approximate surface area is 238 Å². The average Bonchev–Trinajstić information content (AvgIpc) is 3.28. The first-order chi connectivity index (χ1) is 19.7. The van der Waals surface area contributed by atoms with E-state index in [0.29, 0.717) is 28.9 Å². The SMILES string of the molecule is CC(C)n1c(CCC(O)C[C@@H](O)CC(=O)O)c(-c2ccc(F)cc2)c(-c2ccccc2)c1C(=O)Nc1ccccc1. The Hall–Kier alpha value is -4.27. The summed E-state index contributed by atoms with van der Waals surface area (Å²) in [5.41, 5.74) is 4.81. The normalized spacial score (nSPS) is 12.7. The van der Waals surface area contributed by atoms with Gasteiger partial charge in [-0.25, -0.2) is 4.39 Å². The van der Waals surface area contributed by atoms with E-state index < -0.39 is 24.6 Å². The summed E-state index contributed by atoms with van der Waals surface area (Å²) >= 11 is 0. The minimum atomic E-state index is -1.18. The van der Waals surface area contributed by atoms with Crippen LogP contribution in [0.1, 0.15) is 55.3 Å². The third-order valence-electron chi connectivity index (χ3n) is 6.93. The third kappa shape index (κ3) is 7.28. The molecule has 214 valence electrons. The molecule has 0 bridgehead atoms. The largest absolute Gasteiger partial charge is 0.481 e. The van der Waals surface area contributed by atoms with E-state index in [1.807, 2.05) is 79.1 Å². The van der Waals surface area contributed by atoms with E-state index in [-0.39, 0.29) is 30.6 Å². The quantitative estimate of drug-likeness (QED) is 0.163. The fraction of sp³-hybridized carbons (Fsp3) is 0.273. The highest BCUT2D eigenvalue weighted by Gasteiger charge is 2.30. The fourth-order valence-electron chi connectivity index (χ4n) is 5.22. The van der Waals surface area contributed by atoms with Crippen LogP contribution in [0.4, 0.5) is 10.1 Å². The van der Waals surface area contributed by atoms with Gasteiger partial charge in [0.05, 0.1) is 18.6 Å². The van der Waals surface area contributed by atoms with E-state index in [9.17, 15) is 24.2 Å². The second kappa shape index (κ2) is 13.4. The first kappa shape index (κ1) is 29.7. The molecule has 0 saturated heterocycles. The van der Waals surface area contributed by atoms with E-state index in [1.165, 1.54) is 12.1 Å². The number of rotatable bonds is 12. The van der Waals surface area contributed by atoms with Crippen LogP contribution in [0.25, 0.3) is 22.3 Å². The van der Waals surface area contributed by atoms with Gasteiger partial charge in [-0.3, -0.25) is 9.59 Å². The lowest BCUT2D eigenvalue weighted by molar-refractivity contribution is -0.139. The Morgan fingerprint density at radius 1 is 0.829 bits per heavy atom. The van der Waals surface area contributed by atoms with Gasteiger partial charge in [0.25, 0.3) is 5.91 Å². The molecule has 4 N–H and O–H groups in total. The summed E-state index contributed by atoms with van der Waals surface area (Å²) in [5, 5.41) is 32.8. The predicted octanol–water partition coefficient (Wildman–Crippen LogP) is 6.31. The Morgan fingerprint density at radius 3 is 2.00 bits per heavy atom. The van der Waals surface area contributed by atoms with Crippen molar-refractivity contribution in [3.63, 3.8) is 0 Å². The van der Waals surface area contributed by atoms with Crippen molar-refractivity contribution in [2.75, 3.05) is 5.32 Å². The molecule has 41 heavy (non-hydrogen) atoms. The topological polar surface area (TPSA) is 112 Å². The summed E-state index contributed by atoms with van der Waals surface area (Å²) in [4.78, 5) is 25.0. The number of carbonyl (C=O) groups excluding carboxylic acids is 1. The molecular weight excluding hydrogens is 523 g/mol. The van der Waals surface area contributed by atoms with Crippen LogP contribution in [0.15, 0.2) is 84.9 Å². The number of nitrogens with zero attached hydrogens (tertiary/aromatic N) is 1. The number of aliphatic hydroxyl groups is 2. The van der Waals surface area contributed by atoms with Crippen molar-refractivity contribution in [2.45, 2.75) is 57.8 Å². The molecule has 1 heterocycles. The Morgan fingerprint density at radius 2 is 1.41 bits per heavy atom. The summed E-state index contributed by atoms with van der Waals surface area (Å²) in [6.07, 6.45) is -2.15. The molecule has 4 aromatic rings. The van der Waals surface area contributed by atoms with Gasteiger partial charge < -0.3 is 25.2 Å². The number of carboxylic acid groups (broad SMARTS) is 1. The molecule has 1 unspecified atom stereocenters. The molecule has 8 heteroatoms. The number of aliphatic hydroxyl groups excluding tert-OH is 2. The van der Waals surface area contributed by atoms with Gasteiger partial charge in [-0.15, -0.1) is 0 Å². The van der Waals surface area contributed by atoms with E-state index in [0.717, 1.165) is 16.8 Å². The number of halogens is 1. The van der Waals surface area contributed by atoms with Crippen LogP contribution in [0.3, 0.4) is 0 Å². The number of nitrogens with one attached hydrogen (secondary N) is 1. The molecule has 2 atom stereocenters. The molecule has 7 nitrogen and oxygen atoms in total.